The van der Waals surface area contributed by atoms with Crippen LogP contribution in [0.25, 0.3) is 0 Å². The zero-order valence-corrected chi connectivity index (χ0v) is 9.77. The van der Waals surface area contributed by atoms with Gasteiger partial charge in [0.1, 0.15) is 5.76 Å². The standard InChI is InChI=1S/C11H19N3O2/c1-3-5-10(11(15)13-12)14(2)8-9-6-4-7-16-9/h4,6-7,10H,3,5,8,12H2,1-2H3,(H,13,15). The van der Waals surface area contributed by atoms with Gasteiger partial charge in [0.15, 0.2) is 0 Å². The van der Waals surface area contributed by atoms with Crippen molar-refractivity contribution in [1.82, 2.24) is 10.3 Å². The van der Waals surface area contributed by atoms with Crippen LogP contribution in [0.2, 0.25) is 0 Å². The van der Waals surface area contributed by atoms with Crippen molar-refractivity contribution in [2.75, 3.05) is 7.05 Å². The average molecular weight is 225 g/mol. The van der Waals surface area contributed by atoms with Gasteiger partial charge < -0.3 is 4.42 Å². The second-order valence-electron chi connectivity index (χ2n) is 3.81. The topological polar surface area (TPSA) is 71.5 Å². The van der Waals surface area contributed by atoms with Gasteiger partial charge in [-0.15, -0.1) is 0 Å². The van der Waals surface area contributed by atoms with E-state index in [9.17, 15) is 4.79 Å². The van der Waals surface area contributed by atoms with E-state index in [4.69, 9.17) is 10.3 Å². The van der Waals surface area contributed by atoms with Crippen LogP contribution in [-0.2, 0) is 11.3 Å². The molecule has 0 radical (unpaired) electrons. The zero-order valence-electron chi connectivity index (χ0n) is 9.77. The van der Waals surface area contributed by atoms with Crippen LogP contribution in [0.1, 0.15) is 25.5 Å². The third kappa shape index (κ3) is 3.36. The van der Waals surface area contributed by atoms with E-state index in [2.05, 4.69) is 5.43 Å². The van der Waals surface area contributed by atoms with E-state index >= 15 is 0 Å². The van der Waals surface area contributed by atoms with E-state index in [1.807, 2.05) is 31.0 Å². The number of hydrazine groups is 1. The van der Waals surface area contributed by atoms with Crippen molar-refractivity contribution in [1.29, 1.82) is 0 Å². The van der Waals surface area contributed by atoms with Crippen LogP contribution in [0.4, 0.5) is 0 Å². The average Bonchev–Trinajstić information content (AvgIpc) is 2.77. The van der Waals surface area contributed by atoms with Gasteiger partial charge in [-0.3, -0.25) is 15.1 Å². The maximum Gasteiger partial charge on any atom is 0.251 e. The van der Waals surface area contributed by atoms with Crippen molar-refractivity contribution >= 4 is 5.91 Å². The summed E-state index contributed by atoms with van der Waals surface area (Å²) in [5.74, 6) is 5.85. The molecule has 3 N–H and O–H groups in total. The third-order valence-corrected chi connectivity index (χ3v) is 2.52. The first-order valence-corrected chi connectivity index (χ1v) is 5.42. The molecule has 1 heterocycles. The summed E-state index contributed by atoms with van der Waals surface area (Å²) in [5, 5.41) is 0. The summed E-state index contributed by atoms with van der Waals surface area (Å²) in [7, 11) is 1.89. The molecule has 1 atom stereocenters. The van der Waals surface area contributed by atoms with E-state index in [0.717, 1.165) is 18.6 Å². The molecule has 5 nitrogen and oxygen atoms in total. The van der Waals surface area contributed by atoms with Gasteiger partial charge in [-0.05, 0) is 25.6 Å². The maximum absolute atomic E-state index is 11.6. The zero-order chi connectivity index (χ0) is 12.0. The lowest BCUT2D eigenvalue weighted by molar-refractivity contribution is -0.126. The number of likely N-dealkylation sites (N-methyl/N-ethyl adjacent to an activating group) is 1. The van der Waals surface area contributed by atoms with Crippen molar-refractivity contribution < 1.29 is 9.21 Å². The molecule has 1 unspecified atom stereocenters. The predicted molar refractivity (Wildman–Crippen MR) is 61.2 cm³/mol. The number of amides is 1. The normalized spacial score (nSPS) is 12.8. The fourth-order valence-corrected chi connectivity index (χ4v) is 1.68. The minimum Gasteiger partial charge on any atom is -0.468 e. The SMILES string of the molecule is CCCC(C(=O)NN)N(C)Cc1ccco1. The molecule has 1 amide bonds. The highest BCUT2D eigenvalue weighted by molar-refractivity contribution is 5.81. The fourth-order valence-electron chi connectivity index (χ4n) is 1.68. The first kappa shape index (κ1) is 12.7. The summed E-state index contributed by atoms with van der Waals surface area (Å²) in [6.07, 6.45) is 3.34. The second-order valence-corrected chi connectivity index (χ2v) is 3.81. The molecule has 16 heavy (non-hydrogen) atoms. The summed E-state index contributed by atoms with van der Waals surface area (Å²) in [6.45, 7) is 2.64. The van der Waals surface area contributed by atoms with Crippen molar-refractivity contribution in [3.63, 3.8) is 0 Å². The smallest absolute Gasteiger partial charge is 0.251 e. The van der Waals surface area contributed by atoms with Crippen LogP contribution in [0.3, 0.4) is 0 Å². The molecular weight excluding hydrogens is 206 g/mol. The Morgan fingerprint density at radius 1 is 1.69 bits per heavy atom. The molecule has 1 aromatic heterocycles. The Balaban J connectivity index is 2.59. The molecule has 5 heteroatoms. The maximum atomic E-state index is 11.6. The molecule has 0 aromatic carbocycles. The van der Waals surface area contributed by atoms with E-state index < -0.39 is 0 Å². The van der Waals surface area contributed by atoms with Gasteiger partial charge in [-0.25, -0.2) is 5.84 Å². The molecule has 1 aromatic rings. The van der Waals surface area contributed by atoms with Crippen LogP contribution in [0, 0.1) is 0 Å². The lowest BCUT2D eigenvalue weighted by Gasteiger charge is -2.25. The summed E-state index contributed by atoms with van der Waals surface area (Å²) in [6, 6.07) is 3.51. The van der Waals surface area contributed by atoms with E-state index in [1.54, 1.807) is 6.26 Å². The lowest BCUT2D eigenvalue weighted by Crippen LogP contribution is -2.47. The Morgan fingerprint density at radius 2 is 2.44 bits per heavy atom. The molecule has 0 fully saturated rings. The molecule has 0 aliphatic carbocycles. The Labute approximate surface area is 95.6 Å². The first-order chi connectivity index (χ1) is 7.69. The van der Waals surface area contributed by atoms with E-state index in [-0.39, 0.29) is 11.9 Å². The van der Waals surface area contributed by atoms with Gasteiger partial charge >= 0.3 is 0 Å². The number of carbonyl (C=O) groups excluding carboxylic acids is 1. The molecule has 0 saturated carbocycles. The highest BCUT2D eigenvalue weighted by Crippen LogP contribution is 2.10. The first-order valence-electron chi connectivity index (χ1n) is 5.42. The van der Waals surface area contributed by atoms with Crippen LogP contribution in [0.15, 0.2) is 22.8 Å². The Kier molecular flexibility index (Phi) is 5.01. The van der Waals surface area contributed by atoms with Crippen LogP contribution in [0.5, 0.6) is 0 Å². The van der Waals surface area contributed by atoms with Crippen LogP contribution in [-0.4, -0.2) is 23.9 Å². The van der Waals surface area contributed by atoms with Gasteiger partial charge in [-0.2, -0.15) is 0 Å². The molecular formula is C11H19N3O2. The molecule has 0 saturated heterocycles. The number of nitrogens with zero attached hydrogens (tertiary/aromatic N) is 1. The van der Waals surface area contributed by atoms with Crippen molar-refractivity contribution in [3.05, 3.63) is 24.2 Å². The minimum absolute atomic E-state index is 0.157. The van der Waals surface area contributed by atoms with E-state index in [1.165, 1.54) is 0 Å². The molecule has 0 spiro atoms. The molecule has 1 rings (SSSR count). The molecule has 90 valence electrons. The van der Waals surface area contributed by atoms with Gasteiger partial charge in [0.05, 0.1) is 18.8 Å². The molecule has 0 aliphatic heterocycles. The molecule has 0 aliphatic rings. The Bertz CT molecular complexity index is 311. The van der Waals surface area contributed by atoms with Crippen LogP contribution < -0.4 is 11.3 Å². The number of hydrogen-bond donors (Lipinski definition) is 2. The second kappa shape index (κ2) is 6.30. The highest BCUT2D eigenvalue weighted by Gasteiger charge is 2.21. The number of nitrogens with one attached hydrogen (secondary N) is 1. The summed E-state index contributed by atoms with van der Waals surface area (Å²) < 4.78 is 5.24. The Morgan fingerprint density at radius 3 is 2.94 bits per heavy atom. The molecule has 0 bridgehead atoms. The lowest BCUT2D eigenvalue weighted by atomic mass is 10.1. The van der Waals surface area contributed by atoms with Gasteiger partial charge in [-0.1, -0.05) is 13.3 Å². The van der Waals surface area contributed by atoms with Crippen molar-refractivity contribution in [2.24, 2.45) is 5.84 Å². The number of carbonyl (C=O) groups is 1. The van der Waals surface area contributed by atoms with Crippen molar-refractivity contribution in [2.45, 2.75) is 32.4 Å². The third-order valence-electron chi connectivity index (χ3n) is 2.52. The number of hydrogen-bond acceptors (Lipinski definition) is 4. The monoisotopic (exact) mass is 225 g/mol. The van der Waals surface area contributed by atoms with Crippen molar-refractivity contribution in [3.8, 4) is 0 Å². The summed E-state index contributed by atoms with van der Waals surface area (Å²) >= 11 is 0. The van der Waals surface area contributed by atoms with Gasteiger partial charge in [0.25, 0.3) is 5.91 Å². The largest absolute Gasteiger partial charge is 0.468 e. The number of nitrogens with two attached hydrogens (primary N) is 1. The summed E-state index contributed by atoms with van der Waals surface area (Å²) in [5.41, 5.74) is 2.20. The quantitative estimate of drug-likeness (QED) is 0.428. The number of furan rings is 1. The minimum atomic E-state index is -0.208. The highest BCUT2D eigenvalue weighted by atomic mass is 16.3. The number of rotatable bonds is 6. The van der Waals surface area contributed by atoms with Gasteiger partial charge in [0, 0.05) is 0 Å². The van der Waals surface area contributed by atoms with Crippen LogP contribution >= 0.6 is 0 Å². The predicted octanol–water partition coefficient (Wildman–Crippen LogP) is 0.870. The Hall–Kier alpha value is -1.33. The fraction of sp³-hybridized carbons (Fsp3) is 0.545. The summed E-state index contributed by atoms with van der Waals surface area (Å²) in [4.78, 5) is 13.5. The van der Waals surface area contributed by atoms with Gasteiger partial charge in [0.2, 0.25) is 0 Å². The van der Waals surface area contributed by atoms with E-state index in [0.29, 0.717) is 6.54 Å².